The average molecular weight is 339 g/mol. The number of rotatable bonds is 6. The molecule has 0 spiro atoms. The maximum absolute atomic E-state index is 12.1. The van der Waals surface area contributed by atoms with Crippen LogP contribution in [0.4, 0.5) is 10.5 Å². The Kier molecular flexibility index (Phi) is 6.57. The van der Waals surface area contributed by atoms with E-state index in [1.807, 2.05) is 50.2 Å². The van der Waals surface area contributed by atoms with Gasteiger partial charge >= 0.3 is 6.03 Å². The van der Waals surface area contributed by atoms with Gasteiger partial charge in [0.1, 0.15) is 5.75 Å². The lowest BCUT2D eigenvalue weighted by molar-refractivity contribution is 0.252. The number of benzene rings is 2. The molecular weight excluding hydrogens is 314 g/mol. The lowest BCUT2D eigenvalue weighted by atomic mass is 10.0. The van der Waals surface area contributed by atoms with E-state index in [1.165, 1.54) is 0 Å². The molecule has 0 unspecified atom stereocenters. The van der Waals surface area contributed by atoms with Gasteiger partial charge in [0.15, 0.2) is 0 Å². The number of urea groups is 1. The summed E-state index contributed by atoms with van der Waals surface area (Å²) in [6.07, 6.45) is 3.54. The van der Waals surface area contributed by atoms with Gasteiger partial charge in [-0.1, -0.05) is 43.7 Å². The van der Waals surface area contributed by atoms with Gasteiger partial charge in [-0.3, -0.25) is 0 Å². The summed E-state index contributed by atoms with van der Waals surface area (Å²) in [7, 11) is 1.66. The fraction of sp³-hybridized carbons (Fsp3) is 0.300. The van der Waals surface area contributed by atoms with Gasteiger partial charge in [0.2, 0.25) is 0 Å². The molecular formula is C20H25N3O2. The van der Waals surface area contributed by atoms with Gasteiger partial charge in [-0.15, -0.1) is 0 Å². The van der Waals surface area contributed by atoms with Crippen molar-refractivity contribution in [3.05, 3.63) is 58.7 Å². The number of para-hydroxylation sites is 1. The van der Waals surface area contributed by atoms with Crippen LogP contribution in [0.3, 0.4) is 0 Å². The highest BCUT2D eigenvalue weighted by molar-refractivity contribution is 5.92. The Hall–Kier alpha value is -2.82. The standard InChI is InChI=1S/C20H25N3O2/c1-5-8-17-16(11-7-12-18(17)25-4)13-21-23-20(24)22-19-14(2)9-6-10-15(19)3/h6-7,9-13H,5,8H2,1-4H3,(H2,22,23,24)/b21-13+. The summed E-state index contributed by atoms with van der Waals surface area (Å²) in [4.78, 5) is 12.1. The molecule has 2 N–H and O–H groups in total. The minimum absolute atomic E-state index is 0.367. The molecule has 0 aliphatic carbocycles. The van der Waals surface area contributed by atoms with Crippen LogP contribution in [0.5, 0.6) is 5.75 Å². The van der Waals surface area contributed by atoms with Crippen molar-refractivity contribution in [2.24, 2.45) is 5.10 Å². The van der Waals surface area contributed by atoms with Crippen molar-refractivity contribution in [2.45, 2.75) is 33.6 Å². The smallest absolute Gasteiger partial charge is 0.339 e. The zero-order chi connectivity index (χ0) is 18.2. The SMILES string of the molecule is CCCc1c(/C=N/NC(=O)Nc2c(C)cccc2C)cccc1OC. The number of nitrogens with one attached hydrogen (secondary N) is 2. The van der Waals surface area contributed by atoms with Gasteiger partial charge in [0, 0.05) is 16.8 Å². The zero-order valence-corrected chi connectivity index (χ0v) is 15.2. The third kappa shape index (κ3) is 4.83. The quantitative estimate of drug-likeness (QED) is 0.604. The van der Waals surface area contributed by atoms with Crippen molar-refractivity contribution >= 4 is 17.9 Å². The molecule has 0 aromatic heterocycles. The Labute approximate surface area is 149 Å². The Morgan fingerprint density at radius 3 is 2.48 bits per heavy atom. The van der Waals surface area contributed by atoms with Crippen LogP contribution in [0, 0.1) is 13.8 Å². The first-order chi connectivity index (χ1) is 12.1. The van der Waals surface area contributed by atoms with Crippen LogP contribution in [0.15, 0.2) is 41.5 Å². The van der Waals surface area contributed by atoms with Crippen LogP contribution in [0.2, 0.25) is 0 Å². The van der Waals surface area contributed by atoms with E-state index in [0.717, 1.165) is 46.5 Å². The molecule has 2 rings (SSSR count). The van der Waals surface area contributed by atoms with E-state index in [4.69, 9.17) is 4.74 Å². The molecule has 0 fully saturated rings. The molecule has 25 heavy (non-hydrogen) atoms. The van der Waals surface area contributed by atoms with E-state index < -0.39 is 0 Å². The highest BCUT2D eigenvalue weighted by atomic mass is 16.5. The Morgan fingerprint density at radius 1 is 1.16 bits per heavy atom. The molecule has 2 aromatic carbocycles. The second-order valence-electron chi connectivity index (χ2n) is 5.87. The topological polar surface area (TPSA) is 62.7 Å². The molecule has 0 bridgehead atoms. The third-order valence-electron chi connectivity index (χ3n) is 3.98. The number of methoxy groups -OCH3 is 1. The molecule has 0 saturated carbocycles. The van der Waals surface area contributed by atoms with Gasteiger partial charge in [-0.25, -0.2) is 10.2 Å². The predicted molar refractivity (Wildman–Crippen MR) is 103 cm³/mol. The van der Waals surface area contributed by atoms with E-state index in [1.54, 1.807) is 13.3 Å². The first-order valence-electron chi connectivity index (χ1n) is 8.39. The van der Waals surface area contributed by atoms with Crippen LogP contribution < -0.4 is 15.5 Å². The van der Waals surface area contributed by atoms with E-state index in [0.29, 0.717) is 0 Å². The number of hydrogen-bond acceptors (Lipinski definition) is 3. The molecule has 0 aliphatic rings. The molecule has 5 nitrogen and oxygen atoms in total. The summed E-state index contributed by atoms with van der Waals surface area (Å²) in [6.45, 7) is 6.03. The van der Waals surface area contributed by atoms with E-state index in [-0.39, 0.29) is 6.03 Å². The van der Waals surface area contributed by atoms with Crippen molar-refractivity contribution in [1.82, 2.24) is 5.43 Å². The number of ether oxygens (including phenoxy) is 1. The molecule has 0 saturated heterocycles. The maximum Gasteiger partial charge on any atom is 0.339 e. The van der Waals surface area contributed by atoms with Gasteiger partial charge < -0.3 is 10.1 Å². The second kappa shape index (κ2) is 8.87. The van der Waals surface area contributed by atoms with Gasteiger partial charge in [0.25, 0.3) is 0 Å². The minimum atomic E-state index is -0.367. The normalized spacial score (nSPS) is 10.7. The summed E-state index contributed by atoms with van der Waals surface area (Å²) >= 11 is 0. The van der Waals surface area contributed by atoms with Crippen molar-refractivity contribution in [3.63, 3.8) is 0 Å². The maximum atomic E-state index is 12.1. The van der Waals surface area contributed by atoms with Crippen LogP contribution in [-0.2, 0) is 6.42 Å². The summed E-state index contributed by atoms with van der Waals surface area (Å²) in [5.41, 5.74) is 7.38. The summed E-state index contributed by atoms with van der Waals surface area (Å²) in [5.74, 6) is 0.839. The molecule has 2 amide bonds. The van der Waals surface area contributed by atoms with Gasteiger partial charge in [-0.05, 0) is 37.5 Å². The van der Waals surface area contributed by atoms with Crippen LogP contribution in [0.25, 0.3) is 0 Å². The van der Waals surface area contributed by atoms with Crippen LogP contribution >= 0.6 is 0 Å². The number of aryl methyl sites for hydroxylation is 2. The average Bonchev–Trinajstić information content (AvgIpc) is 2.59. The largest absolute Gasteiger partial charge is 0.496 e. The summed E-state index contributed by atoms with van der Waals surface area (Å²) in [5, 5.41) is 6.91. The number of carbonyl (C=O) groups excluding carboxylic acids is 1. The molecule has 0 radical (unpaired) electrons. The molecule has 0 heterocycles. The molecule has 132 valence electrons. The highest BCUT2D eigenvalue weighted by Crippen LogP contribution is 2.23. The zero-order valence-electron chi connectivity index (χ0n) is 15.2. The van der Waals surface area contributed by atoms with Gasteiger partial charge in [-0.2, -0.15) is 5.10 Å². The molecule has 0 aliphatic heterocycles. The summed E-state index contributed by atoms with van der Waals surface area (Å²) < 4.78 is 5.41. The van der Waals surface area contributed by atoms with Crippen molar-refractivity contribution < 1.29 is 9.53 Å². The first kappa shape index (κ1) is 18.5. The van der Waals surface area contributed by atoms with Crippen molar-refractivity contribution in [1.29, 1.82) is 0 Å². The highest BCUT2D eigenvalue weighted by Gasteiger charge is 2.08. The number of carbonyl (C=O) groups is 1. The van der Waals surface area contributed by atoms with Crippen LogP contribution in [-0.4, -0.2) is 19.4 Å². The van der Waals surface area contributed by atoms with Crippen molar-refractivity contribution in [3.8, 4) is 5.75 Å². The first-order valence-corrected chi connectivity index (χ1v) is 8.39. The predicted octanol–water partition coefficient (Wildman–Crippen LogP) is 4.42. The number of hydrazone groups is 1. The molecule has 5 heteroatoms. The van der Waals surface area contributed by atoms with Gasteiger partial charge in [0.05, 0.1) is 13.3 Å². The molecule has 2 aromatic rings. The number of hydrogen-bond donors (Lipinski definition) is 2. The Morgan fingerprint density at radius 2 is 1.84 bits per heavy atom. The number of nitrogens with zero attached hydrogens (tertiary/aromatic N) is 1. The number of amides is 2. The van der Waals surface area contributed by atoms with E-state index >= 15 is 0 Å². The van der Waals surface area contributed by atoms with Crippen molar-refractivity contribution in [2.75, 3.05) is 12.4 Å². The Balaban J connectivity index is 2.07. The Bertz CT molecular complexity index is 749. The lowest BCUT2D eigenvalue weighted by Gasteiger charge is -2.11. The van der Waals surface area contributed by atoms with E-state index in [9.17, 15) is 4.79 Å². The summed E-state index contributed by atoms with van der Waals surface area (Å²) in [6, 6.07) is 11.3. The molecule has 0 atom stereocenters. The fourth-order valence-corrected chi connectivity index (χ4v) is 2.73. The van der Waals surface area contributed by atoms with Crippen LogP contribution in [0.1, 0.15) is 35.6 Å². The van der Waals surface area contributed by atoms with E-state index in [2.05, 4.69) is 22.8 Å². The third-order valence-corrected chi connectivity index (χ3v) is 3.98. The fourth-order valence-electron chi connectivity index (χ4n) is 2.73. The second-order valence-corrected chi connectivity index (χ2v) is 5.87. The number of anilines is 1. The lowest BCUT2D eigenvalue weighted by Crippen LogP contribution is -2.25. The minimum Gasteiger partial charge on any atom is -0.496 e. The monoisotopic (exact) mass is 339 g/mol.